The van der Waals surface area contributed by atoms with E-state index in [0.717, 1.165) is 12.5 Å². The lowest BCUT2D eigenvalue weighted by Gasteiger charge is -2.17. The lowest BCUT2D eigenvalue weighted by Crippen LogP contribution is -2.44. The first-order chi connectivity index (χ1) is 19.1. The SMILES string of the molecule is COC(=O)N[C@@H](CC/C=C/C(=O)N(C)C)C(=O)Nc1cccn(Cc2cc3cccc(OCC(F)F)c3[nH]2)c1=O. The van der Waals surface area contributed by atoms with Crippen LogP contribution in [0.25, 0.3) is 10.9 Å². The second-order valence-corrected chi connectivity index (χ2v) is 8.96. The number of nitrogens with one attached hydrogen (secondary N) is 3. The normalized spacial score (nSPS) is 11.9. The maximum absolute atomic E-state index is 13.1. The number of methoxy groups -OCH3 is 1. The smallest absolute Gasteiger partial charge is 0.407 e. The average molecular weight is 560 g/mol. The molecular formula is C27H31F2N5O6. The number of amides is 3. The number of aromatic nitrogens is 2. The van der Waals surface area contributed by atoms with Crippen molar-refractivity contribution in [3.05, 3.63) is 70.8 Å². The van der Waals surface area contributed by atoms with Crippen molar-refractivity contribution in [2.45, 2.75) is 31.9 Å². The Balaban J connectivity index is 1.74. The van der Waals surface area contributed by atoms with Gasteiger partial charge in [-0.15, -0.1) is 0 Å². The van der Waals surface area contributed by atoms with E-state index in [-0.39, 0.29) is 30.3 Å². The van der Waals surface area contributed by atoms with Crippen molar-refractivity contribution < 1.29 is 32.6 Å². The highest BCUT2D eigenvalue weighted by molar-refractivity contribution is 5.96. The summed E-state index contributed by atoms with van der Waals surface area (Å²) in [7, 11) is 4.37. The third kappa shape index (κ3) is 8.16. The minimum absolute atomic E-state index is 0.0143. The molecule has 0 unspecified atom stereocenters. The number of hydrogen-bond donors (Lipinski definition) is 3. The number of pyridine rings is 1. The fraction of sp³-hybridized carbons (Fsp3) is 0.333. The third-order valence-electron chi connectivity index (χ3n) is 5.77. The molecule has 0 spiro atoms. The second kappa shape index (κ2) is 13.9. The Morgan fingerprint density at radius 3 is 2.65 bits per heavy atom. The fourth-order valence-electron chi connectivity index (χ4n) is 3.77. The van der Waals surface area contributed by atoms with E-state index in [4.69, 9.17) is 4.74 Å². The number of aromatic amines is 1. The van der Waals surface area contributed by atoms with Gasteiger partial charge in [-0.1, -0.05) is 18.2 Å². The van der Waals surface area contributed by atoms with E-state index in [1.54, 1.807) is 50.5 Å². The minimum Gasteiger partial charge on any atom is -0.485 e. The molecule has 0 radical (unpaired) electrons. The summed E-state index contributed by atoms with van der Waals surface area (Å²) >= 11 is 0. The number of carbonyl (C=O) groups is 3. The molecule has 0 saturated heterocycles. The average Bonchev–Trinajstić information content (AvgIpc) is 3.34. The molecule has 2 aromatic heterocycles. The summed E-state index contributed by atoms with van der Waals surface area (Å²) in [5.74, 6) is -0.597. The monoisotopic (exact) mass is 559 g/mol. The van der Waals surface area contributed by atoms with Crippen LogP contribution in [0.2, 0.25) is 0 Å². The Bertz CT molecular complexity index is 1430. The van der Waals surface area contributed by atoms with Crippen molar-refractivity contribution in [2.75, 3.05) is 33.1 Å². The quantitative estimate of drug-likeness (QED) is 0.292. The number of para-hydroxylation sites is 1. The number of anilines is 1. The Morgan fingerprint density at radius 2 is 1.95 bits per heavy atom. The molecule has 3 rings (SSSR count). The summed E-state index contributed by atoms with van der Waals surface area (Å²) in [5, 5.41) is 5.71. The zero-order valence-corrected chi connectivity index (χ0v) is 22.3. The van der Waals surface area contributed by atoms with Gasteiger partial charge in [-0.25, -0.2) is 13.6 Å². The number of nitrogens with zero attached hydrogens (tertiary/aromatic N) is 2. The van der Waals surface area contributed by atoms with Crippen LogP contribution >= 0.6 is 0 Å². The molecule has 0 fully saturated rings. The molecule has 0 aliphatic carbocycles. The summed E-state index contributed by atoms with van der Waals surface area (Å²) < 4.78 is 36.4. The fourth-order valence-corrected chi connectivity index (χ4v) is 3.77. The van der Waals surface area contributed by atoms with Gasteiger partial charge < -0.3 is 34.6 Å². The van der Waals surface area contributed by atoms with Crippen LogP contribution in [0.1, 0.15) is 18.5 Å². The number of allylic oxidation sites excluding steroid dienone is 1. The minimum atomic E-state index is -2.62. The van der Waals surface area contributed by atoms with Crippen LogP contribution < -0.4 is 20.9 Å². The van der Waals surface area contributed by atoms with Gasteiger partial charge in [-0.05, 0) is 43.2 Å². The molecule has 0 aliphatic rings. The lowest BCUT2D eigenvalue weighted by atomic mass is 10.1. The highest BCUT2D eigenvalue weighted by atomic mass is 19.3. The summed E-state index contributed by atoms with van der Waals surface area (Å²) in [5.41, 5.74) is 0.614. The van der Waals surface area contributed by atoms with Crippen LogP contribution in [0.4, 0.5) is 19.3 Å². The number of fused-ring (bicyclic) bond motifs is 1. The molecule has 0 bridgehead atoms. The van der Waals surface area contributed by atoms with Crippen LogP contribution in [-0.4, -0.2) is 72.6 Å². The Hall–Kier alpha value is -4.68. The zero-order valence-electron chi connectivity index (χ0n) is 22.3. The Morgan fingerprint density at radius 1 is 1.18 bits per heavy atom. The number of benzene rings is 1. The third-order valence-corrected chi connectivity index (χ3v) is 5.77. The summed E-state index contributed by atoms with van der Waals surface area (Å²) in [6.07, 6.45) is 1.48. The van der Waals surface area contributed by atoms with Gasteiger partial charge in [0.15, 0.2) is 0 Å². The molecule has 13 heteroatoms. The second-order valence-electron chi connectivity index (χ2n) is 8.96. The number of halogens is 2. The molecule has 1 aromatic carbocycles. The first-order valence-electron chi connectivity index (χ1n) is 12.3. The molecule has 1 atom stereocenters. The van der Waals surface area contributed by atoms with E-state index in [1.807, 2.05) is 0 Å². The van der Waals surface area contributed by atoms with E-state index < -0.39 is 36.6 Å². The molecule has 3 amide bonds. The van der Waals surface area contributed by atoms with Gasteiger partial charge in [0.1, 0.15) is 24.1 Å². The predicted molar refractivity (Wildman–Crippen MR) is 145 cm³/mol. The molecule has 214 valence electrons. The highest BCUT2D eigenvalue weighted by Crippen LogP contribution is 2.26. The highest BCUT2D eigenvalue weighted by Gasteiger charge is 2.22. The molecule has 0 aliphatic heterocycles. The molecule has 3 N–H and O–H groups in total. The van der Waals surface area contributed by atoms with Gasteiger partial charge in [0.05, 0.1) is 19.2 Å². The number of likely N-dealkylation sites (N-methyl/N-ethyl adjacent to an activating group) is 1. The lowest BCUT2D eigenvalue weighted by molar-refractivity contribution is -0.123. The van der Waals surface area contributed by atoms with Crippen LogP contribution in [0.3, 0.4) is 0 Å². The van der Waals surface area contributed by atoms with Gasteiger partial charge in [0.2, 0.25) is 11.8 Å². The van der Waals surface area contributed by atoms with Gasteiger partial charge >= 0.3 is 6.09 Å². The number of hydrogen-bond acceptors (Lipinski definition) is 6. The Kier molecular flexibility index (Phi) is 10.4. The number of carbonyl (C=O) groups excluding carboxylic acids is 3. The van der Waals surface area contributed by atoms with Crippen LogP contribution in [0, 0.1) is 0 Å². The number of alkyl halides is 2. The molecule has 11 nitrogen and oxygen atoms in total. The molecule has 2 heterocycles. The maximum atomic E-state index is 13.1. The first-order valence-corrected chi connectivity index (χ1v) is 12.3. The summed E-state index contributed by atoms with van der Waals surface area (Å²) in [4.78, 5) is 54.1. The van der Waals surface area contributed by atoms with E-state index in [1.165, 1.54) is 27.8 Å². The number of alkyl carbamates (subject to hydrolysis) is 1. The summed E-state index contributed by atoms with van der Waals surface area (Å²) in [6, 6.07) is 8.77. The van der Waals surface area contributed by atoms with E-state index in [0.29, 0.717) is 17.6 Å². The van der Waals surface area contributed by atoms with Crippen molar-refractivity contribution >= 4 is 34.5 Å². The first kappa shape index (κ1) is 29.9. The van der Waals surface area contributed by atoms with Crippen LogP contribution in [0.15, 0.2) is 59.5 Å². The van der Waals surface area contributed by atoms with Crippen molar-refractivity contribution in [1.82, 2.24) is 19.8 Å². The number of H-pyrrole nitrogens is 1. The largest absolute Gasteiger partial charge is 0.485 e. The summed E-state index contributed by atoms with van der Waals surface area (Å²) in [6.45, 7) is -0.648. The van der Waals surface area contributed by atoms with Gasteiger partial charge in [0.25, 0.3) is 12.0 Å². The van der Waals surface area contributed by atoms with E-state index >= 15 is 0 Å². The maximum Gasteiger partial charge on any atom is 0.407 e. The van der Waals surface area contributed by atoms with E-state index in [9.17, 15) is 28.0 Å². The number of ether oxygens (including phenoxy) is 2. The van der Waals surface area contributed by atoms with Crippen molar-refractivity contribution in [2.24, 2.45) is 0 Å². The van der Waals surface area contributed by atoms with E-state index in [2.05, 4.69) is 20.4 Å². The van der Waals surface area contributed by atoms with Crippen molar-refractivity contribution in [1.29, 1.82) is 0 Å². The van der Waals surface area contributed by atoms with Crippen LogP contribution in [-0.2, 0) is 20.9 Å². The van der Waals surface area contributed by atoms with Crippen molar-refractivity contribution in [3.63, 3.8) is 0 Å². The van der Waals surface area contributed by atoms with Gasteiger partial charge in [-0.2, -0.15) is 0 Å². The van der Waals surface area contributed by atoms with Crippen molar-refractivity contribution in [3.8, 4) is 5.75 Å². The van der Waals surface area contributed by atoms with Gasteiger partial charge in [0, 0.05) is 31.4 Å². The zero-order chi connectivity index (χ0) is 29.2. The molecule has 3 aromatic rings. The number of rotatable bonds is 12. The molecule has 0 saturated carbocycles. The predicted octanol–water partition coefficient (Wildman–Crippen LogP) is 3.11. The Labute approximate surface area is 228 Å². The topological polar surface area (TPSA) is 135 Å². The molecule has 40 heavy (non-hydrogen) atoms. The van der Waals surface area contributed by atoms with Gasteiger partial charge in [-0.3, -0.25) is 14.4 Å². The standard InChI is InChI=1S/C27H31F2N5O6/c1-33(2)23(35)12-5-4-9-19(32-27(38)39-3)25(36)31-20-10-7-13-34(26(20)37)15-18-14-17-8-6-11-21(24(17)30-18)40-16-22(28)29/h5-8,10-14,19,22,30H,4,9,15-16H2,1-3H3,(H,31,36)(H,32,38)/b12-5+/t19-/m0/s1. The molecular weight excluding hydrogens is 528 g/mol. The van der Waals surface area contributed by atoms with Crippen LogP contribution in [0.5, 0.6) is 5.75 Å².